The maximum absolute atomic E-state index is 12.8. The number of halogens is 3. The van der Waals surface area contributed by atoms with Gasteiger partial charge >= 0.3 is 6.18 Å². The topological polar surface area (TPSA) is 29.9 Å². The maximum Gasteiger partial charge on any atom is 0.433 e. The maximum atomic E-state index is 12.8. The van der Waals surface area contributed by atoms with Gasteiger partial charge < -0.3 is 5.32 Å². The standard InChI is InChI=1S/C10H14F3N3/c1-2-16-9(10(11,12)13)7(6-15-16)5-14-8-3-4-8/h6,8,14H,2-5H2,1H3. The van der Waals surface area contributed by atoms with E-state index in [1.807, 2.05) is 0 Å². The Hall–Kier alpha value is -1.04. The van der Waals surface area contributed by atoms with Gasteiger partial charge in [-0.3, -0.25) is 4.68 Å². The minimum atomic E-state index is -4.33. The normalized spacial score (nSPS) is 16.8. The summed E-state index contributed by atoms with van der Waals surface area (Å²) in [5.74, 6) is 0. The molecule has 3 nitrogen and oxygen atoms in total. The Morgan fingerprint density at radius 2 is 2.19 bits per heavy atom. The second-order valence-electron chi connectivity index (χ2n) is 3.99. The second kappa shape index (κ2) is 4.08. The number of alkyl halides is 3. The lowest BCUT2D eigenvalue weighted by atomic mass is 10.2. The third-order valence-corrected chi connectivity index (χ3v) is 2.64. The molecule has 1 aliphatic carbocycles. The molecule has 0 amide bonds. The summed E-state index contributed by atoms with van der Waals surface area (Å²) in [7, 11) is 0. The summed E-state index contributed by atoms with van der Waals surface area (Å²) in [6.07, 6.45) is -0.901. The highest BCUT2D eigenvalue weighted by Gasteiger charge is 2.37. The van der Waals surface area contributed by atoms with Crippen molar-refractivity contribution in [3.63, 3.8) is 0 Å². The van der Waals surface area contributed by atoms with Gasteiger partial charge in [0.1, 0.15) is 5.69 Å². The van der Waals surface area contributed by atoms with Crippen molar-refractivity contribution in [2.75, 3.05) is 0 Å². The van der Waals surface area contributed by atoms with E-state index in [4.69, 9.17) is 0 Å². The van der Waals surface area contributed by atoms with Crippen LogP contribution in [0.5, 0.6) is 0 Å². The second-order valence-corrected chi connectivity index (χ2v) is 3.99. The molecule has 6 heteroatoms. The van der Waals surface area contributed by atoms with Gasteiger partial charge in [-0.25, -0.2) is 0 Å². The molecule has 0 radical (unpaired) electrons. The largest absolute Gasteiger partial charge is 0.433 e. The molecular weight excluding hydrogens is 219 g/mol. The van der Waals surface area contributed by atoms with Crippen LogP contribution in [0.25, 0.3) is 0 Å². The predicted octanol–water partition coefficient (Wildman–Crippen LogP) is 2.17. The van der Waals surface area contributed by atoms with E-state index in [-0.39, 0.29) is 18.7 Å². The van der Waals surface area contributed by atoms with E-state index in [2.05, 4.69) is 10.4 Å². The average Bonchev–Trinajstić information content (AvgIpc) is 2.92. The summed E-state index contributed by atoms with van der Waals surface area (Å²) in [5.41, 5.74) is -0.385. The van der Waals surface area contributed by atoms with Crippen LogP contribution in [0.15, 0.2) is 6.20 Å². The van der Waals surface area contributed by atoms with Crippen molar-refractivity contribution in [3.05, 3.63) is 17.5 Å². The van der Waals surface area contributed by atoms with E-state index < -0.39 is 11.9 Å². The molecule has 1 aliphatic rings. The zero-order valence-electron chi connectivity index (χ0n) is 9.01. The van der Waals surface area contributed by atoms with Gasteiger partial charge in [0.2, 0.25) is 0 Å². The molecule has 2 rings (SSSR count). The Morgan fingerprint density at radius 3 is 2.69 bits per heavy atom. The molecule has 0 unspecified atom stereocenters. The molecule has 0 saturated heterocycles. The molecule has 1 heterocycles. The number of rotatable bonds is 4. The van der Waals surface area contributed by atoms with Crippen molar-refractivity contribution in [1.82, 2.24) is 15.1 Å². The highest BCUT2D eigenvalue weighted by Crippen LogP contribution is 2.32. The van der Waals surface area contributed by atoms with Crippen molar-refractivity contribution in [3.8, 4) is 0 Å². The molecule has 1 saturated carbocycles. The fraction of sp³-hybridized carbons (Fsp3) is 0.700. The van der Waals surface area contributed by atoms with Crippen molar-refractivity contribution >= 4 is 0 Å². The average molecular weight is 233 g/mol. The van der Waals surface area contributed by atoms with Gasteiger partial charge in [-0.05, 0) is 19.8 Å². The monoisotopic (exact) mass is 233 g/mol. The quantitative estimate of drug-likeness (QED) is 0.863. The third-order valence-electron chi connectivity index (χ3n) is 2.64. The molecule has 16 heavy (non-hydrogen) atoms. The molecule has 0 aliphatic heterocycles. The van der Waals surface area contributed by atoms with Gasteiger partial charge in [-0.15, -0.1) is 0 Å². The Kier molecular flexibility index (Phi) is 2.92. The lowest BCUT2D eigenvalue weighted by Gasteiger charge is -2.11. The van der Waals surface area contributed by atoms with E-state index in [9.17, 15) is 13.2 Å². The fourth-order valence-electron chi connectivity index (χ4n) is 1.66. The van der Waals surface area contributed by atoms with Crippen molar-refractivity contribution in [2.45, 2.75) is 45.1 Å². The smallest absolute Gasteiger partial charge is 0.310 e. The minimum Gasteiger partial charge on any atom is -0.310 e. The summed E-state index contributed by atoms with van der Waals surface area (Å²) in [6, 6.07) is 0.395. The number of hydrogen-bond donors (Lipinski definition) is 1. The van der Waals surface area contributed by atoms with E-state index >= 15 is 0 Å². The van der Waals surface area contributed by atoms with Gasteiger partial charge in [-0.1, -0.05) is 0 Å². The highest BCUT2D eigenvalue weighted by molar-refractivity contribution is 5.21. The van der Waals surface area contributed by atoms with Gasteiger partial charge in [0.05, 0.1) is 6.20 Å². The summed E-state index contributed by atoms with van der Waals surface area (Å²) in [6.45, 7) is 2.14. The Balaban J connectivity index is 2.18. The number of hydrogen-bond acceptors (Lipinski definition) is 2. The Bertz CT molecular complexity index is 366. The molecule has 1 aromatic heterocycles. The van der Waals surface area contributed by atoms with Crippen LogP contribution in [0, 0.1) is 0 Å². The van der Waals surface area contributed by atoms with Crippen LogP contribution >= 0.6 is 0 Å². The predicted molar refractivity (Wildman–Crippen MR) is 52.8 cm³/mol. The minimum absolute atomic E-state index is 0.234. The first-order valence-electron chi connectivity index (χ1n) is 5.37. The summed E-state index contributed by atoms with van der Waals surface area (Å²) >= 11 is 0. The van der Waals surface area contributed by atoms with E-state index in [0.717, 1.165) is 17.5 Å². The molecular formula is C10H14F3N3. The number of nitrogens with one attached hydrogen (secondary N) is 1. The lowest BCUT2D eigenvalue weighted by molar-refractivity contribution is -0.144. The van der Waals surface area contributed by atoms with Crippen LogP contribution in [0.2, 0.25) is 0 Å². The fourth-order valence-corrected chi connectivity index (χ4v) is 1.66. The first-order chi connectivity index (χ1) is 7.52. The molecule has 90 valence electrons. The molecule has 1 N–H and O–H groups in total. The van der Waals surface area contributed by atoms with Crippen LogP contribution in [0.1, 0.15) is 31.0 Å². The Labute approximate surface area is 91.6 Å². The van der Waals surface area contributed by atoms with Crippen LogP contribution in [-0.4, -0.2) is 15.8 Å². The first-order valence-corrected chi connectivity index (χ1v) is 5.37. The van der Waals surface area contributed by atoms with Gasteiger partial charge in [-0.2, -0.15) is 18.3 Å². The molecule has 0 aromatic carbocycles. The lowest BCUT2D eigenvalue weighted by Crippen LogP contribution is -2.20. The molecule has 0 atom stereocenters. The van der Waals surface area contributed by atoms with Crippen LogP contribution in [0.3, 0.4) is 0 Å². The van der Waals surface area contributed by atoms with Gasteiger partial charge in [0.25, 0.3) is 0 Å². The molecule has 1 fully saturated rings. The van der Waals surface area contributed by atoms with E-state index in [1.54, 1.807) is 6.92 Å². The van der Waals surface area contributed by atoms with Gasteiger partial charge in [0, 0.05) is 24.7 Å². The van der Waals surface area contributed by atoms with Crippen molar-refractivity contribution < 1.29 is 13.2 Å². The summed E-state index contributed by atoms with van der Waals surface area (Å²) in [5, 5.41) is 6.83. The van der Waals surface area contributed by atoms with Crippen LogP contribution in [0.4, 0.5) is 13.2 Å². The Morgan fingerprint density at radius 1 is 1.50 bits per heavy atom. The first kappa shape index (κ1) is 11.4. The van der Waals surface area contributed by atoms with Crippen molar-refractivity contribution in [1.29, 1.82) is 0 Å². The van der Waals surface area contributed by atoms with Crippen LogP contribution in [-0.2, 0) is 19.3 Å². The number of aryl methyl sites for hydroxylation is 1. The van der Waals surface area contributed by atoms with E-state index in [1.165, 1.54) is 6.20 Å². The summed E-state index contributed by atoms with van der Waals surface area (Å²) in [4.78, 5) is 0. The molecule has 1 aromatic rings. The number of aromatic nitrogens is 2. The highest BCUT2D eigenvalue weighted by atomic mass is 19.4. The number of nitrogens with zero attached hydrogens (tertiary/aromatic N) is 2. The van der Waals surface area contributed by atoms with Crippen molar-refractivity contribution in [2.24, 2.45) is 0 Å². The van der Waals surface area contributed by atoms with Gasteiger partial charge in [0.15, 0.2) is 0 Å². The zero-order valence-corrected chi connectivity index (χ0v) is 9.01. The van der Waals surface area contributed by atoms with Crippen LogP contribution < -0.4 is 5.32 Å². The zero-order chi connectivity index (χ0) is 11.8. The molecule has 0 bridgehead atoms. The SMILES string of the molecule is CCn1ncc(CNC2CC2)c1C(F)(F)F. The third kappa shape index (κ3) is 2.37. The molecule has 0 spiro atoms. The summed E-state index contributed by atoms with van der Waals surface area (Å²) < 4.78 is 39.3. The van der Waals surface area contributed by atoms with E-state index in [0.29, 0.717) is 6.04 Å².